The van der Waals surface area contributed by atoms with Gasteiger partial charge in [-0.2, -0.15) is 5.10 Å². The first-order valence-electron chi connectivity index (χ1n) is 24.1. The molecule has 1 saturated carbocycles. The summed E-state index contributed by atoms with van der Waals surface area (Å²) in [6.07, 6.45) is 12.4. The third-order valence-corrected chi connectivity index (χ3v) is 14.3. The molecular weight excluding hydrogens is 875 g/mol. The highest BCUT2D eigenvalue weighted by Gasteiger charge is 2.37. The summed E-state index contributed by atoms with van der Waals surface area (Å²) in [7, 11) is 0. The van der Waals surface area contributed by atoms with Crippen molar-refractivity contribution >= 4 is 45.9 Å². The molecule has 4 N–H and O–H groups in total. The summed E-state index contributed by atoms with van der Waals surface area (Å²) in [6, 6.07) is 1.70. The predicted octanol–water partition coefficient (Wildman–Crippen LogP) is 4.96. The number of fused-ring (bicyclic) bond motifs is 1. The van der Waals surface area contributed by atoms with Gasteiger partial charge in [0.15, 0.2) is 28.9 Å². The van der Waals surface area contributed by atoms with Crippen molar-refractivity contribution in [2.45, 2.75) is 96.1 Å². The topological polar surface area (TPSA) is 210 Å². The van der Waals surface area contributed by atoms with Gasteiger partial charge in [0.05, 0.1) is 23.0 Å². The van der Waals surface area contributed by atoms with Crippen LogP contribution in [0, 0.1) is 23.5 Å². The standard InChI is InChI=1S/C48H60F2N14O4/c1-48(2,3)64-46-39(44(51)54-27-55-46)40(58-64)41-38(43(68-59-41)31-4-5-31)45-52-23-30(24-53-45)20-28-8-12-60(13-9-28)26-37(66)62-14-10-29(11-15-62)25-61-16-18-63(19-17-61)42-33(49)21-32(22-34(42)50)56-35-6-7-36(65)57-47(35)67/h21-24,27-29,31,35,56H,4-20,25-26H2,1-3H3,(H2,51,54,55)(H,57,65,67). The highest BCUT2D eigenvalue weighted by molar-refractivity contribution is 6.02. The number of nitrogen functional groups attached to an aromatic ring is 1. The summed E-state index contributed by atoms with van der Waals surface area (Å²) in [6.45, 7) is 13.1. The average Bonchev–Trinajstić information content (AvgIpc) is 3.93. The largest absolute Gasteiger partial charge is 0.383 e. The van der Waals surface area contributed by atoms with Crippen LogP contribution in [0.2, 0.25) is 0 Å². The number of amides is 3. The Balaban J connectivity index is 0.670. The van der Waals surface area contributed by atoms with E-state index in [9.17, 15) is 14.4 Å². The summed E-state index contributed by atoms with van der Waals surface area (Å²) in [5.41, 5.74) is 9.67. The second-order valence-electron chi connectivity index (χ2n) is 20.3. The minimum atomic E-state index is -0.726. The lowest BCUT2D eigenvalue weighted by Gasteiger charge is -2.40. The molecule has 3 amide bonds. The van der Waals surface area contributed by atoms with Gasteiger partial charge >= 0.3 is 0 Å². The van der Waals surface area contributed by atoms with Gasteiger partial charge in [0, 0.05) is 76.2 Å². The monoisotopic (exact) mass is 934 g/mol. The normalized spacial score (nSPS) is 20.6. The van der Waals surface area contributed by atoms with Gasteiger partial charge in [-0.15, -0.1) is 0 Å². The molecule has 5 fully saturated rings. The number of hydrogen-bond acceptors (Lipinski definition) is 15. The Morgan fingerprint density at radius 3 is 2.21 bits per heavy atom. The number of nitrogens with zero attached hydrogens (tertiary/aromatic N) is 11. The minimum Gasteiger partial charge on any atom is -0.383 e. The van der Waals surface area contributed by atoms with Crippen molar-refractivity contribution in [3.05, 3.63) is 53.8 Å². The van der Waals surface area contributed by atoms with Crippen LogP contribution >= 0.6 is 0 Å². The van der Waals surface area contributed by atoms with Gasteiger partial charge in [-0.1, -0.05) is 5.16 Å². The van der Waals surface area contributed by atoms with Crippen LogP contribution < -0.4 is 21.3 Å². The third-order valence-electron chi connectivity index (χ3n) is 14.3. The molecule has 5 aliphatic rings. The van der Waals surface area contributed by atoms with Crippen molar-refractivity contribution in [1.82, 2.24) is 54.9 Å². The number of halogens is 2. The van der Waals surface area contributed by atoms with Crippen molar-refractivity contribution in [3.8, 4) is 22.8 Å². The molecule has 1 aliphatic carbocycles. The number of likely N-dealkylation sites (tertiary alicyclic amines) is 2. The third kappa shape index (κ3) is 9.61. The molecule has 0 radical (unpaired) electrons. The van der Waals surface area contributed by atoms with Crippen LogP contribution in [0.1, 0.15) is 89.4 Å². The van der Waals surface area contributed by atoms with Crippen molar-refractivity contribution in [2.75, 3.05) is 81.4 Å². The summed E-state index contributed by atoms with van der Waals surface area (Å²) in [5, 5.41) is 15.2. The average molecular weight is 935 g/mol. The maximum Gasteiger partial charge on any atom is 0.249 e. The number of nitrogens with one attached hydrogen (secondary N) is 2. The SMILES string of the molecule is CC(C)(C)n1nc(-c2noc(C3CC3)c2-c2ncc(CC3CCN(CC(=O)N4CCC(CN5CCN(c6c(F)cc(NC7CCC(=O)NC7=O)cc6F)CC5)CC4)CC3)cn2)c2c(N)ncnc21. The van der Waals surface area contributed by atoms with E-state index in [0.717, 1.165) is 94.6 Å². The summed E-state index contributed by atoms with van der Waals surface area (Å²) < 4.78 is 38.4. The van der Waals surface area contributed by atoms with E-state index in [1.165, 1.54) is 18.5 Å². The molecule has 4 saturated heterocycles. The number of piperidine rings is 3. The van der Waals surface area contributed by atoms with E-state index in [1.807, 2.05) is 22.0 Å². The molecule has 4 aliphatic heterocycles. The van der Waals surface area contributed by atoms with Crippen LogP contribution in [0.25, 0.3) is 33.8 Å². The van der Waals surface area contributed by atoms with Gasteiger partial charge in [-0.05, 0) is 115 Å². The maximum absolute atomic E-state index is 15.3. The van der Waals surface area contributed by atoms with E-state index in [2.05, 4.69) is 56.3 Å². The molecule has 4 aromatic heterocycles. The van der Waals surface area contributed by atoms with E-state index < -0.39 is 23.6 Å². The Kier molecular flexibility index (Phi) is 12.6. The van der Waals surface area contributed by atoms with E-state index in [-0.39, 0.29) is 47.5 Å². The summed E-state index contributed by atoms with van der Waals surface area (Å²) in [5.74, 6) is 0.763. The van der Waals surface area contributed by atoms with Crippen molar-refractivity contribution in [1.29, 1.82) is 0 Å². The van der Waals surface area contributed by atoms with Crippen LogP contribution in [-0.4, -0.2) is 139 Å². The lowest BCUT2D eigenvalue weighted by Crippen LogP contribution is -2.50. The maximum atomic E-state index is 15.3. The zero-order valence-corrected chi connectivity index (χ0v) is 39.0. The number of carbonyl (C=O) groups is 3. The Morgan fingerprint density at radius 2 is 1.54 bits per heavy atom. The molecule has 20 heteroatoms. The van der Waals surface area contributed by atoms with Crippen LogP contribution in [0.5, 0.6) is 0 Å². The number of carbonyl (C=O) groups excluding carboxylic acids is 3. The number of anilines is 3. The van der Waals surface area contributed by atoms with Crippen LogP contribution in [-0.2, 0) is 26.3 Å². The van der Waals surface area contributed by atoms with Crippen LogP contribution in [0.15, 0.2) is 35.4 Å². The molecular formula is C48H60F2N14O4. The minimum absolute atomic E-state index is 0.0602. The number of nitrogens with two attached hydrogens (primary N) is 1. The Labute approximate surface area is 393 Å². The van der Waals surface area contributed by atoms with E-state index >= 15 is 8.78 Å². The lowest BCUT2D eigenvalue weighted by atomic mass is 9.91. The van der Waals surface area contributed by atoms with Gasteiger partial charge in [0.25, 0.3) is 0 Å². The smallest absolute Gasteiger partial charge is 0.249 e. The highest BCUT2D eigenvalue weighted by Crippen LogP contribution is 2.48. The van der Waals surface area contributed by atoms with Crippen molar-refractivity contribution < 1.29 is 27.7 Å². The van der Waals surface area contributed by atoms with E-state index in [0.29, 0.717) is 78.6 Å². The van der Waals surface area contributed by atoms with Gasteiger partial charge in [0.1, 0.15) is 35.3 Å². The highest BCUT2D eigenvalue weighted by atomic mass is 19.1. The number of benzene rings is 1. The first-order valence-corrected chi connectivity index (χ1v) is 24.1. The summed E-state index contributed by atoms with van der Waals surface area (Å²) >= 11 is 0. The molecule has 8 heterocycles. The van der Waals surface area contributed by atoms with Gasteiger partial charge in [0.2, 0.25) is 17.7 Å². The number of imide groups is 1. The summed E-state index contributed by atoms with van der Waals surface area (Å²) in [4.78, 5) is 64.0. The van der Waals surface area contributed by atoms with Gasteiger partial charge in [-0.3, -0.25) is 29.5 Å². The van der Waals surface area contributed by atoms with Crippen LogP contribution in [0.3, 0.4) is 0 Å². The number of piperazine rings is 1. The molecule has 360 valence electrons. The first-order chi connectivity index (χ1) is 32.7. The molecule has 68 heavy (non-hydrogen) atoms. The Hall–Kier alpha value is -6.15. The quantitative estimate of drug-likeness (QED) is 0.141. The fraction of sp³-hybridized carbons (Fsp3) is 0.562. The fourth-order valence-corrected chi connectivity index (χ4v) is 10.3. The lowest BCUT2D eigenvalue weighted by molar-refractivity contribution is -0.135. The molecule has 5 aromatic rings. The van der Waals surface area contributed by atoms with E-state index in [1.54, 1.807) is 4.90 Å². The Bertz CT molecular complexity index is 2650. The Morgan fingerprint density at radius 1 is 0.853 bits per heavy atom. The second kappa shape index (κ2) is 18.7. The molecule has 0 bridgehead atoms. The van der Waals surface area contributed by atoms with Gasteiger partial charge in [-0.25, -0.2) is 33.4 Å². The first kappa shape index (κ1) is 45.6. The molecule has 18 nitrogen and oxygen atoms in total. The molecule has 1 unspecified atom stereocenters. The molecule has 0 spiro atoms. The van der Waals surface area contributed by atoms with E-state index in [4.69, 9.17) is 25.3 Å². The number of hydrogen-bond donors (Lipinski definition) is 3. The fourth-order valence-electron chi connectivity index (χ4n) is 10.3. The molecule has 1 aromatic carbocycles. The zero-order valence-electron chi connectivity index (χ0n) is 39.0. The van der Waals surface area contributed by atoms with Gasteiger partial charge < -0.3 is 25.4 Å². The van der Waals surface area contributed by atoms with Crippen molar-refractivity contribution in [2.24, 2.45) is 11.8 Å². The second-order valence-corrected chi connectivity index (χ2v) is 20.3. The molecule has 10 rings (SSSR count). The molecule has 1 atom stereocenters. The van der Waals surface area contributed by atoms with Crippen molar-refractivity contribution in [3.63, 3.8) is 0 Å². The zero-order chi connectivity index (χ0) is 47.3. The van der Waals surface area contributed by atoms with Crippen LogP contribution in [0.4, 0.5) is 26.0 Å². The number of rotatable bonds is 12. The predicted molar refractivity (Wildman–Crippen MR) is 250 cm³/mol. The number of aromatic nitrogens is 7.